The van der Waals surface area contributed by atoms with Gasteiger partial charge in [0.25, 0.3) is 0 Å². The number of aromatic nitrogens is 3. The van der Waals surface area contributed by atoms with Crippen molar-refractivity contribution in [3.05, 3.63) is 35.4 Å². The quantitative estimate of drug-likeness (QED) is 0.814. The molecular weight excluding hydrogens is 292 g/mol. The summed E-state index contributed by atoms with van der Waals surface area (Å²) in [7, 11) is -1.80. The van der Waals surface area contributed by atoms with Crippen LogP contribution in [0.5, 0.6) is 0 Å². The smallest absolute Gasteiger partial charge is 0.242 e. The van der Waals surface area contributed by atoms with Crippen LogP contribution in [-0.2, 0) is 36.8 Å². The van der Waals surface area contributed by atoms with E-state index in [1.807, 2.05) is 20.9 Å². The minimum atomic E-state index is -3.61. The van der Waals surface area contributed by atoms with Crippen molar-refractivity contribution in [2.75, 3.05) is 0 Å². The first kappa shape index (κ1) is 15.7. The van der Waals surface area contributed by atoms with Crippen molar-refractivity contribution in [2.24, 2.45) is 7.05 Å². The zero-order valence-electron chi connectivity index (χ0n) is 12.4. The number of hydrogen-bond acceptors (Lipinski definition) is 4. The first-order valence-electron chi connectivity index (χ1n) is 6.66. The van der Waals surface area contributed by atoms with Crippen molar-refractivity contribution >= 4 is 10.0 Å². The van der Waals surface area contributed by atoms with E-state index in [-0.39, 0.29) is 18.0 Å². The molecule has 2 heterocycles. The molecule has 0 aromatic carbocycles. The second kappa shape index (κ2) is 6.00. The second-order valence-electron chi connectivity index (χ2n) is 4.81. The first-order valence-corrected chi connectivity index (χ1v) is 8.14. The summed E-state index contributed by atoms with van der Waals surface area (Å²) in [6, 6.07) is 1.49. The molecule has 0 unspecified atom stereocenters. The lowest BCUT2D eigenvalue weighted by molar-refractivity contribution is 0.271. The standard InChI is InChI=1S/C13H20N4O3S/c1-4-17-8-13(5-12(17)9-18)21(19,20)15-7-11-6-14-16(3)10(11)2/h5-6,8,15,18H,4,7,9H2,1-3H3. The normalized spacial score (nSPS) is 12.0. The fraction of sp³-hybridized carbons (Fsp3) is 0.462. The Hall–Kier alpha value is -1.64. The molecule has 0 aliphatic rings. The van der Waals surface area contributed by atoms with Gasteiger partial charge >= 0.3 is 0 Å². The van der Waals surface area contributed by atoms with Crippen LogP contribution in [0.4, 0.5) is 0 Å². The van der Waals surface area contributed by atoms with E-state index >= 15 is 0 Å². The molecule has 0 saturated carbocycles. The van der Waals surface area contributed by atoms with Gasteiger partial charge in [0.15, 0.2) is 0 Å². The van der Waals surface area contributed by atoms with Crippen LogP contribution in [0.3, 0.4) is 0 Å². The Kier molecular flexibility index (Phi) is 4.50. The molecule has 0 amide bonds. The van der Waals surface area contributed by atoms with E-state index in [9.17, 15) is 13.5 Å². The lowest BCUT2D eigenvalue weighted by Gasteiger charge is -2.05. The van der Waals surface area contributed by atoms with Crippen LogP contribution >= 0.6 is 0 Å². The number of nitrogens with zero attached hydrogens (tertiary/aromatic N) is 3. The van der Waals surface area contributed by atoms with Gasteiger partial charge in [0.05, 0.1) is 17.7 Å². The molecule has 8 heteroatoms. The molecule has 0 spiro atoms. The van der Waals surface area contributed by atoms with Crippen LogP contribution in [0.15, 0.2) is 23.4 Å². The molecule has 0 aliphatic heterocycles. The van der Waals surface area contributed by atoms with E-state index in [0.29, 0.717) is 12.2 Å². The minimum absolute atomic E-state index is 0.162. The van der Waals surface area contributed by atoms with Crippen molar-refractivity contribution in [2.45, 2.75) is 38.4 Å². The summed E-state index contributed by atoms with van der Waals surface area (Å²) in [4.78, 5) is 0.162. The average Bonchev–Trinajstić information content (AvgIpc) is 3.02. The highest BCUT2D eigenvalue weighted by molar-refractivity contribution is 7.89. The fourth-order valence-electron chi connectivity index (χ4n) is 2.07. The van der Waals surface area contributed by atoms with Gasteiger partial charge in [-0.05, 0) is 19.9 Å². The molecule has 0 aliphatic carbocycles. The summed E-state index contributed by atoms with van der Waals surface area (Å²) in [5.41, 5.74) is 2.33. The number of rotatable bonds is 6. The van der Waals surface area contributed by atoms with Crippen LogP contribution in [0.1, 0.15) is 23.9 Å². The molecule has 2 aromatic heterocycles. The van der Waals surface area contributed by atoms with Crippen molar-refractivity contribution < 1.29 is 13.5 Å². The molecule has 21 heavy (non-hydrogen) atoms. The van der Waals surface area contributed by atoms with E-state index in [0.717, 1.165) is 11.3 Å². The third kappa shape index (κ3) is 3.17. The minimum Gasteiger partial charge on any atom is -0.390 e. The summed E-state index contributed by atoms with van der Waals surface area (Å²) >= 11 is 0. The van der Waals surface area contributed by atoms with Crippen molar-refractivity contribution in [3.8, 4) is 0 Å². The second-order valence-corrected chi connectivity index (χ2v) is 6.58. The van der Waals surface area contributed by atoms with Gasteiger partial charge in [-0.3, -0.25) is 4.68 Å². The van der Waals surface area contributed by atoms with E-state index in [2.05, 4.69) is 9.82 Å². The summed E-state index contributed by atoms with van der Waals surface area (Å²) in [6.07, 6.45) is 3.18. The predicted molar refractivity (Wildman–Crippen MR) is 78.0 cm³/mol. The van der Waals surface area contributed by atoms with Crippen LogP contribution in [-0.4, -0.2) is 27.9 Å². The van der Waals surface area contributed by atoms with Gasteiger partial charge in [0, 0.05) is 43.3 Å². The number of aryl methyl sites for hydroxylation is 2. The number of sulfonamides is 1. The Morgan fingerprint density at radius 3 is 2.62 bits per heavy atom. The third-order valence-electron chi connectivity index (χ3n) is 3.56. The van der Waals surface area contributed by atoms with Crippen LogP contribution in [0.2, 0.25) is 0 Å². The van der Waals surface area contributed by atoms with Crippen LogP contribution < -0.4 is 4.72 Å². The molecule has 0 radical (unpaired) electrons. The monoisotopic (exact) mass is 312 g/mol. The number of aliphatic hydroxyl groups is 1. The van der Waals surface area contributed by atoms with Crippen molar-refractivity contribution in [3.63, 3.8) is 0 Å². The van der Waals surface area contributed by atoms with Crippen LogP contribution in [0.25, 0.3) is 0 Å². The first-order chi connectivity index (χ1) is 9.89. The summed E-state index contributed by atoms with van der Waals surface area (Å²) < 4.78 is 30.5. The maximum Gasteiger partial charge on any atom is 0.242 e. The summed E-state index contributed by atoms with van der Waals surface area (Å²) in [5, 5.41) is 13.3. The molecule has 0 atom stereocenters. The maximum atomic E-state index is 12.3. The van der Waals surface area contributed by atoms with Crippen molar-refractivity contribution in [1.29, 1.82) is 0 Å². The molecule has 116 valence electrons. The maximum absolute atomic E-state index is 12.3. The SMILES string of the molecule is CCn1cc(S(=O)(=O)NCc2cnn(C)c2C)cc1CO. The number of hydrogen-bond donors (Lipinski definition) is 2. The Morgan fingerprint density at radius 2 is 2.14 bits per heavy atom. The van der Waals surface area contributed by atoms with Crippen molar-refractivity contribution in [1.82, 2.24) is 19.1 Å². The molecular formula is C13H20N4O3S. The fourth-order valence-corrected chi connectivity index (χ4v) is 3.14. The Morgan fingerprint density at radius 1 is 1.43 bits per heavy atom. The third-order valence-corrected chi connectivity index (χ3v) is 4.93. The van der Waals surface area contributed by atoms with E-state index in [1.165, 1.54) is 12.3 Å². The molecule has 0 bridgehead atoms. The highest BCUT2D eigenvalue weighted by Crippen LogP contribution is 2.15. The number of aliphatic hydroxyl groups excluding tert-OH is 1. The highest BCUT2D eigenvalue weighted by Gasteiger charge is 2.18. The molecule has 0 fully saturated rings. The van der Waals surface area contributed by atoms with E-state index < -0.39 is 10.0 Å². The molecule has 2 rings (SSSR count). The lowest BCUT2D eigenvalue weighted by Crippen LogP contribution is -2.23. The number of nitrogens with one attached hydrogen (secondary N) is 1. The molecule has 2 N–H and O–H groups in total. The van der Waals surface area contributed by atoms with Gasteiger partial charge in [-0.1, -0.05) is 0 Å². The lowest BCUT2D eigenvalue weighted by atomic mass is 10.3. The Bertz CT molecular complexity index is 709. The van der Waals surface area contributed by atoms with Gasteiger partial charge in [-0.25, -0.2) is 13.1 Å². The van der Waals surface area contributed by atoms with Gasteiger partial charge in [-0.2, -0.15) is 5.10 Å². The zero-order valence-corrected chi connectivity index (χ0v) is 13.2. The Balaban J connectivity index is 2.18. The predicted octanol–water partition coefficient (Wildman–Crippen LogP) is 0.521. The van der Waals surface area contributed by atoms with Gasteiger partial charge in [-0.15, -0.1) is 0 Å². The topological polar surface area (TPSA) is 89.2 Å². The summed E-state index contributed by atoms with van der Waals surface area (Å²) in [5.74, 6) is 0. The van der Waals surface area contributed by atoms with Gasteiger partial charge < -0.3 is 9.67 Å². The largest absolute Gasteiger partial charge is 0.390 e. The molecule has 2 aromatic rings. The molecule has 0 saturated heterocycles. The van der Waals surface area contributed by atoms with E-state index in [1.54, 1.807) is 15.4 Å². The van der Waals surface area contributed by atoms with Crippen LogP contribution in [0, 0.1) is 6.92 Å². The summed E-state index contributed by atoms with van der Waals surface area (Å²) in [6.45, 7) is 4.38. The van der Waals surface area contributed by atoms with E-state index in [4.69, 9.17) is 0 Å². The zero-order chi connectivity index (χ0) is 15.6. The average molecular weight is 312 g/mol. The molecule has 7 nitrogen and oxygen atoms in total. The van der Waals surface area contributed by atoms with Gasteiger partial charge in [0.2, 0.25) is 10.0 Å². The highest BCUT2D eigenvalue weighted by atomic mass is 32.2. The Labute approximate surface area is 124 Å². The van der Waals surface area contributed by atoms with Gasteiger partial charge in [0.1, 0.15) is 0 Å².